The van der Waals surface area contributed by atoms with E-state index >= 15 is 0 Å². The molecule has 0 radical (unpaired) electrons. The zero-order chi connectivity index (χ0) is 22.9. The van der Waals surface area contributed by atoms with Crippen molar-refractivity contribution in [2.24, 2.45) is 23.3 Å². The van der Waals surface area contributed by atoms with Gasteiger partial charge in [0.1, 0.15) is 39.8 Å². The SMILES string of the molecule is [2H]N[C@H](C(=O)OC[C@@H](O)[C@@H](OC(=O)[C@@H](N[2H])C(C)C)[C@H](O)[C@@H](O)C(C)=O)C(C)C. The first-order valence-electron chi connectivity index (χ1n) is 9.65. The van der Waals surface area contributed by atoms with Crippen molar-refractivity contribution < 1.29 is 42.0 Å². The molecule has 27 heavy (non-hydrogen) atoms. The first kappa shape index (κ1) is 21.7. The number of esters is 2. The summed E-state index contributed by atoms with van der Waals surface area (Å²) >= 11 is 0. The Morgan fingerprint density at radius 1 is 0.963 bits per heavy atom. The number of rotatable bonds is 13. The lowest BCUT2D eigenvalue weighted by Crippen LogP contribution is -2.53. The number of Topliss-reactive ketones (excluding diaryl/α,β-unsaturated/α-hetero) is 1. The zero-order valence-corrected chi connectivity index (χ0v) is 16.2. The molecule has 0 rings (SSSR count). The molecule has 0 spiro atoms. The molecule has 0 saturated heterocycles. The molecule has 6 atom stereocenters. The lowest BCUT2D eigenvalue weighted by Gasteiger charge is -2.30. The molecule has 158 valence electrons. The van der Waals surface area contributed by atoms with E-state index in [-0.39, 0.29) is 11.8 Å². The Bertz CT molecular complexity index is 550. The minimum Gasteiger partial charge on any atom is -0.462 e. The Balaban J connectivity index is 5.39. The van der Waals surface area contributed by atoms with Crippen LogP contribution < -0.4 is 11.5 Å². The van der Waals surface area contributed by atoms with E-state index in [1.165, 1.54) is 0 Å². The molecule has 0 bridgehead atoms. The quantitative estimate of drug-likeness (QED) is 0.221. The second kappa shape index (κ2) is 11.3. The monoisotopic (exact) mass is 394 g/mol. The van der Waals surface area contributed by atoms with Crippen molar-refractivity contribution in [1.82, 2.24) is 0 Å². The first-order valence-corrected chi connectivity index (χ1v) is 8.65. The van der Waals surface area contributed by atoms with E-state index in [0.29, 0.717) is 0 Å². The fraction of sp³-hybridized carbons (Fsp3) is 0.824. The van der Waals surface area contributed by atoms with Crippen molar-refractivity contribution in [2.45, 2.75) is 71.1 Å². The first-order chi connectivity index (χ1) is 13.4. The van der Waals surface area contributed by atoms with Crippen molar-refractivity contribution in [3.8, 4) is 0 Å². The van der Waals surface area contributed by atoms with E-state index < -0.39 is 60.8 Å². The minimum absolute atomic E-state index is 0.286. The van der Waals surface area contributed by atoms with Crippen LogP contribution in [0, 0.1) is 11.8 Å². The molecule has 10 heteroatoms. The van der Waals surface area contributed by atoms with Crippen LogP contribution in [0.15, 0.2) is 0 Å². The number of aliphatic hydroxyl groups is 3. The smallest absolute Gasteiger partial charge is 0.323 e. The molecule has 0 unspecified atom stereocenters. The number of hydrogen-bond acceptors (Lipinski definition) is 10. The second-order valence-electron chi connectivity index (χ2n) is 7.09. The molecule has 0 aromatic heterocycles. The van der Waals surface area contributed by atoms with Gasteiger partial charge in [0.05, 0.1) is 0 Å². The maximum atomic E-state index is 12.3. The van der Waals surface area contributed by atoms with Gasteiger partial charge in [-0.3, -0.25) is 14.4 Å². The highest BCUT2D eigenvalue weighted by Crippen LogP contribution is 2.14. The third-order valence-corrected chi connectivity index (χ3v) is 3.95. The van der Waals surface area contributed by atoms with Gasteiger partial charge in [-0.25, -0.2) is 0 Å². The molecular formula is C17H32N2O8. The van der Waals surface area contributed by atoms with Crippen LogP contribution in [0.3, 0.4) is 0 Å². The molecule has 0 aromatic carbocycles. The molecule has 0 aliphatic rings. The van der Waals surface area contributed by atoms with Gasteiger partial charge in [-0.05, 0) is 18.8 Å². The van der Waals surface area contributed by atoms with Gasteiger partial charge in [0.25, 0.3) is 0 Å². The summed E-state index contributed by atoms with van der Waals surface area (Å²) in [6.07, 6.45) is -7.56. The van der Waals surface area contributed by atoms with Crippen molar-refractivity contribution in [3.63, 3.8) is 0 Å². The maximum Gasteiger partial charge on any atom is 0.323 e. The van der Waals surface area contributed by atoms with Crippen LogP contribution >= 0.6 is 0 Å². The van der Waals surface area contributed by atoms with E-state index in [4.69, 9.17) is 12.3 Å². The largest absolute Gasteiger partial charge is 0.462 e. The minimum atomic E-state index is -2.00. The summed E-state index contributed by atoms with van der Waals surface area (Å²) in [5, 5.41) is 30.3. The van der Waals surface area contributed by atoms with Crippen LogP contribution in [0.1, 0.15) is 34.6 Å². The predicted octanol–water partition coefficient (Wildman–Crippen LogP) is -1.92. The number of carbonyl (C=O) groups excluding carboxylic acids is 3. The molecular weight excluding hydrogens is 360 g/mol. The van der Waals surface area contributed by atoms with E-state index in [2.05, 4.69) is 0 Å². The standard InChI is InChI=1S/C17H32N2O8/c1-7(2)11(18)16(24)26-6-10(21)15(14(23)13(22)9(5)20)27-17(25)12(19)8(3)4/h7-8,10-15,21-23H,6,18-19H2,1-5H3/t10-,11+,12+,13+,14-,15-/m1/s1/i/hD2. The number of ketones is 1. The number of ether oxygens (including phenoxy) is 2. The highest BCUT2D eigenvalue weighted by atomic mass is 16.6. The van der Waals surface area contributed by atoms with E-state index in [1.807, 2.05) is 11.5 Å². The highest BCUT2D eigenvalue weighted by Gasteiger charge is 2.39. The summed E-state index contributed by atoms with van der Waals surface area (Å²) in [5.74, 6) is -3.35. The maximum absolute atomic E-state index is 12.3. The number of carbonyl (C=O) groups is 3. The van der Waals surface area contributed by atoms with Crippen LogP contribution in [0.4, 0.5) is 0 Å². The van der Waals surface area contributed by atoms with Crippen molar-refractivity contribution >= 4 is 17.7 Å². The van der Waals surface area contributed by atoms with E-state index in [9.17, 15) is 29.7 Å². The van der Waals surface area contributed by atoms with Gasteiger partial charge in [-0.15, -0.1) is 0 Å². The van der Waals surface area contributed by atoms with Crippen molar-refractivity contribution in [1.29, 1.82) is 0 Å². The molecule has 0 aromatic rings. The van der Waals surface area contributed by atoms with Gasteiger partial charge in [-0.2, -0.15) is 0 Å². The average molecular weight is 394 g/mol. The van der Waals surface area contributed by atoms with Crippen LogP contribution in [0.2, 0.25) is 2.82 Å². The van der Waals surface area contributed by atoms with Gasteiger partial charge in [-0.1, -0.05) is 27.7 Å². The van der Waals surface area contributed by atoms with Gasteiger partial charge in [0.2, 0.25) is 0 Å². The fourth-order valence-corrected chi connectivity index (χ4v) is 1.90. The summed E-state index contributed by atoms with van der Waals surface area (Å²) < 4.78 is 24.3. The molecule has 0 amide bonds. The Morgan fingerprint density at radius 3 is 1.85 bits per heavy atom. The van der Waals surface area contributed by atoms with Crippen LogP contribution in [-0.4, -0.2) is 76.1 Å². The van der Waals surface area contributed by atoms with E-state index in [1.54, 1.807) is 27.7 Å². The van der Waals surface area contributed by atoms with Gasteiger partial charge >= 0.3 is 11.9 Å². The third-order valence-electron chi connectivity index (χ3n) is 3.95. The number of nitrogens with two attached hydrogens (primary N) is 2. The van der Waals surface area contributed by atoms with Crippen LogP contribution in [0.25, 0.3) is 0 Å². The number of hydrogen-bond donors (Lipinski definition) is 5. The summed E-state index contributed by atoms with van der Waals surface area (Å²) in [5.41, 5.74) is 4.01. The summed E-state index contributed by atoms with van der Waals surface area (Å²) in [6.45, 7) is 6.85. The number of aliphatic hydroxyl groups excluding tert-OH is 3. The molecule has 0 fully saturated rings. The Labute approximate surface area is 161 Å². The Kier molecular flexibility index (Phi) is 9.08. The molecule has 0 aliphatic heterocycles. The lowest BCUT2D eigenvalue weighted by atomic mass is 10.00. The topological polar surface area (TPSA) is 182 Å². The van der Waals surface area contributed by atoms with Gasteiger partial charge < -0.3 is 36.2 Å². The fourth-order valence-electron chi connectivity index (χ4n) is 1.90. The highest BCUT2D eigenvalue weighted by molar-refractivity contribution is 5.81. The van der Waals surface area contributed by atoms with E-state index in [0.717, 1.165) is 6.92 Å². The molecule has 0 saturated carbocycles. The van der Waals surface area contributed by atoms with Crippen molar-refractivity contribution in [3.05, 3.63) is 0 Å². The summed E-state index contributed by atoms with van der Waals surface area (Å²) in [7, 11) is 0. The van der Waals surface area contributed by atoms with Gasteiger partial charge in [0, 0.05) is 0 Å². The molecule has 7 N–H and O–H groups in total. The zero-order valence-electron chi connectivity index (χ0n) is 18.2. The van der Waals surface area contributed by atoms with Crippen molar-refractivity contribution in [2.75, 3.05) is 6.61 Å². The molecule has 0 aliphatic carbocycles. The van der Waals surface area contributed by atoms with Crippen LogP contribution in [0.5, 0.6) is 0 Å². The average Bonchev–Trinajstić information content (AvgIpc) is 2.63. The van der Waals surface area contributed by atoms with Gasteiger partial charge in [0.15, 0.2) is 11.9 Å². The lowest BCUT2D eigenvalue weighted by molar-refractivity contribution is -0.182. The Morgan fingerprint density at radius 2 is 1.44 bits per heavy atom. The molecule has 10 nitrogen and oxygen atoms in total. The molecule has 0 heterocycles. The Hall–Kier alpha value is -1.59. The predicted molar refractivity (Wildman–Crippen MR) is 95.2 cm³/mol. The second-order valence-corrected chi connectivity index (χ2v) is 7.09. The van der Waals surface area contributed by atoms with Crippen LogP contribution in [-0.2, 0) is 23.9 Å². The summed E-state index contributed by atoms with van der Waals surface area (Å²) in [6, 6.07) is -2.08. The normalized spacial score (nSPS) is 19.3. The third kappa shape index (κ3) is 7.89. The summed E-state index contributed by atoms with van der Waals surface area (Å²) in [4.78, 5) is 35.6.